The first-order chi connectivity index (χ1) is 13.1. The van der Waals surface area contributed by atoms with E-state index in [2.05, 4.69) is 5.32 Å². The molecule has 0 saturated carbocycles. The molecule has 0 unspecified atom stereocenters. The number of halogens is 1. The lowest BCUT2D eigenvalue weighted by Crippen LogP contribution is -2.34. The van der Waals surface area contributed by atoms with Crippen LogP contribution in [0.1, 0.15) is 36.4 Å². The fourth-order valence-electron chi connectivity index (χ4n) is 3.61. The van der Waals surface area contributed by atoms with Gasteiger partial charge in [0.25, 0.3) is 0 Å². The van der Waals surface area contributed by atoms with Crippen molar-refractivity contribution in [1.29, 1.82) is 0 Å². The van der Waals surface area contributed by atoms with Crippen molar-refractivity contribution in [2.24, 2.45) is 0 Å². The number of carbonyl (C=O) groups is 1. The number of rotatable bonds is 2. The molecular weight excluding hydrogens is 364 g/mol. The van der Waals surface area contributed by atoms with Crippen LogP contribution in [0.3, 0.4) is 0 Å². The van der Waals surface area contributed by atoms with E-state index in [1.807, 2.05) is 42.2 Å². The molecule has 0 spiro atoms. The Labute approximate surface area is 164 Å². The maximum Gasteiger partial charge on any atom is 0.322 e. The molecule has 2 aliphatic heterocycles. The van der Waals surface area contributed by atoms with Crippen LogP contribution in [0.25, 0.3) is 0 Å². The lowest BCUT2D eigenvalue weighted by molar-refractivity contribution is 0.207. The number of urea groups is 1. The zero-order chi connectivity index (χ0) is 18.8. The van der Waals surface area contributed by atoms with Crippen LogP contribution in [0, 0.1) is 6.92 Å². The van der Waals surface area contributed by atoms with E-state index in [0.717, 1.165) is 48.4 Å². The molecule has 1 N–H and O–H groups in total. The SMILES string of the molecule is Cc1ccc(NC(=O)N2CCC[C@@H]2c2ccc3c(c2)OCCCO3)cc1Cl. The first-order valence-electron chi connectivity index (χ1n) is 9.35. The zero-order valence-corrected chi connectivity index (χ0v) is 16.1. The van der Waals surface area contributed by atoms with Crippen LogP contribution < -0.4 is 14.8 Å². The number of ether oxygens (including phenoxy) is 2. The summed E-state index contributed by atoms with van der Waals surface area (Å²) in [5.74, 6) is 1.54. The van der Waals surface area contributed by atoms with Gasteiger partial charge in [-0.3, -0.25) is 0 Å². The van der Waals surface area contributed by atoms with Gasteiger partial charge in [0.05, 0.1) is 19.3 Å². The fraction of sp³-hybridized carbons (Fsp3) is 0.381. The average Bonchev–Trinajstić information content (AvgIpc) is 3.04. The lowest BCUT2D eigenvalue weighted by Gasteiger charge is -2.26. The zero-order valence-electron chi connectivity index (χ0n) is 15.3. The van der Waals surface area contributed by atoms with Gasteiger partial charge in [-0.1, -0.05) is 23.7 Å². The monoisotopic (exact) mass is 386 g/mol. The van der Waals surface area contributed by atoms with Gasteiger partial charge in [0.15, 0.2) is 11.5 Å². The number of nitrogens with zero attached hydrogens (tertiary/aromatic N) is 1. The van der Waals surface area contributed by atoms with Crippen LogP contribution in [0.5, 0.6) is 11.5 Å². The molecule has 2 heterocycles. The molecule has 0 radical (unpaired) electrons. The van der Waals surface area contributed by atoms with Crippen LogP contribution in [-0.2, 0) is 0 Å². The van der Waals surface area contributed by atoms with Crippen molar-refractivity contribution in [2.45, 2.75) is 32.2 Å². The Bertz CT molecular complexity index is 855. The molecular formula is C21H23ClN2O3. The summed E-state index contributed by atoms with van der Waals surface area (Å²) < 4.78 is 11.5. The summed E-state index contributed by atoms with van der Waals surface area (Å²) in [5, 5.41) is 3.62. The molecule has 1 saturated heterocycles. The van der Waals surface area contributed by atoms with Gasteiger partial charge >= 0.3 is 6.03 Å². The number of aryl methyl sites for hydroxylation is 1. The molecule has 1 fully saturated rings. The number of amides is 2. The van der Waals surface area contributed by atoms with E-state index >= 15 is 0 Å². The largest absolute Gasteiger partial charge is 0.490 e. The molecule has 142 valence electrons. The Morgan fingerprint density at radius 1 is 1.11 bits per heavy atom. The lowest BCUT2D eigenvalue weighted by atomic mass is 10.0. The van der Waals surface area contributed by atoms with Gasteiger partial charge in [0.1, 0.15) is 0 Å². The van der Waals surface area contributed by atoms with Crippen molar-refractivity contribution < 1.29 is 14.3 Å². The summed E-state index contributed by atoms with van der Waals surface area (Å²) in [6.07, 6.45) is 2.78. The van der Waals surface area contributed by atoms with E-state index in [-0.39, 0.29) is 12.1 Å². The molecule has 2 aliphatic rings. The van der Waals surface area contributed by atoms with E-state index < -0.39 is 0 Å². The summed E-state index contributed by atoms with van der Waals surface area (Å²) in [5.41, 5.74) is 2.77. The molecule has 2 aromatic carbocycles. The van der Waals surface area contributed by atoms with Crippen molar-refractivity contribution >= 4 is 23.3 Å². The summed E-state index contributed by atoms with van der Waals surface area (Å²) in [7, 11) is 0. The minimum absolute atomic E-state index is 0.0306. The number of benzene rings is 2. The van der Waals surface area contributed by atoms with Crippen LogP contribution >= 0.6 is 11.6 Å². The molecule has 2 amide bonds. The molecule has 0 aliphatic carbocycles. The molecule has 0 aromatic heterocycles. The number of hydrogen-bond donors (Lipinski definition) is 1. The van der Waals surface area contributed by atoms with E-state index in [1.54, 1.807) is 6.07 Å². The molecule has 27 heavy (non-hydrogen) atoms. The van der Waals surface area contributed by atoms with E-state index in [1.165, 1.54) is 0 Å². The molecule has 6 heteroatoms. The van der Waals surface area contributed by atoms with Crippen molar-refractivity contribution in [2.75, 3.05) is 25.1 Å². The number of nitrogens with one attached hydrogen (secondary N) is 1. The minimum Gasteiger partial charge on any atom is -0.490 e. The van der Waals surface area contributed by atoms with Gasteiger partial charge in [0, 0.05) is 23.7 Å². The van der Waals surface area contributed by atoms with E-state index in [9.17, 15) is 4.79 Å². The average molecular weight is 387 g/mol. The Morgan fingerprint density at radius 2 is 1.93 bits per heavy atom. The van der Waals surface area contributed by atoms with Gasteiger partial charge in [0.2, 0.25) is 0 Å². The van der Waals surface area contributed by atoms with Crippen molar-refractivity contribution in [3.8, 4) is 11.5 Å². The molecule has 4 rings (SSSR count). The van der Waals surface area contributed by atoms with Crippen LogP contribution in [0.15, 0.2) is 36.4 Å². The second-order valence-electron chi connectivity index (χ2n) is 7.00. The first-order valence-corrected chi connectivity index (χ1v) is 9.73. The number of carbonyl (C=O) groups excluding carboxylic acids is 1. The quantitative estimate of drug-likeness (QED) is 0.773. The maximum atomic E-state index is 12.9. The van der Waals surface area contributed by atoms with Gasteiger partial charge in [-0.05, 0) is 55.2 Å². The van der Waals surface area contributed by atoms with Crippen LogP contribution in [0.2, 0.25) is 5.02 Å². The number of likely N-dealkylation sites (tertiary alicyclic amines) is 1. The molecule has 2 aromatic rings. The standard InChI is InChI=1S/C21H23ClN2O3/c1-14-5-7-16(13-17(14)22)23-21(25)24-9-2-4-18(24)15-6-8-19-20(12-15)27-11-3-10-26-19/h5-8,12-13,18H,2-4,9-11H2,1H3,(H,23,25)/t18-/m1/s1. The highest BCUT2D eigenvalue weighted by molar-refractivity contribution is 6.31. The minimum atomic E-state index is -0.107. The summed E-state index contributed by atoms with van der Waals surface area (Å²) in [4.78, 5) is 14.7. The highest BCUT2D eigenvalue weighted by Gasteiger charge is 2.31. The first kappa shape index (κ1) is 18.0. The molecule has 0 bridgehead atoms. The number of fused-ring (bicyclic) bond motifs is 1. The predicted molar refractivity (Wildman–Crippen MR) is 106 cm³/mol. The van der Waals surface area contributed by atoms with Gasteiger partial charge in [-0.15, -0.1) is 0 Å². The van der Waals surface area contributed by atoms with Gasteiger partial charge in [-0.2, -0.15) is 0 Å². The third kappa shape index (κ3) is 3.83. The number of anilines is 1. The second-order valence-corrected chi connectivity index (χ2v) is 7.41. The van der Waals surface area contributed by atoms with Crippen molar-refractivity contribution in [1.82, 2.24) is 4.90 Å². The predicted octanol–water partition coefficient (Wildman–Crippen LogP) is 5.18. The van der Waals surface area contributed by atoms with Crippen LogP contribution in [0.4, 0.5) is 10.5 Å². The highest BCUT2D eigenvalue weighted by atomic mass is 35.5. The highest BCUT2D eigenvalue weighted by Crippen LogP contribution is 2.38. The van der Waals surface area contributed by atoms with E-state index in [0.29, 0.717) is 23.9 Å². The van der Waals surface area contributed by atoms with E-state index in [4.69, 9.17) is 21.1 Å². The fourth-order valence-corrected chi connectivity index (χ4v) is 3.79. The Kier molecular flexibility index (Phi) is 5.12. The van der Waals surface area contributed by atoms with Crippen molar-refractivity contribution in [3.63, 3.8) is 0 Å². The third-order valence-corrected chi connectivity index (χ3v) is 5.50. The molecule has 5 nitrogen and oxygen atoms in total. The van der Waals surface area contributed by atoms with Crippen LogP contribution in [-0.4, -0.2) is 30.7 Å². The summed E-state index contributed by atoms with van der Waals surface area (Å²) in [6.45, 7) is 3.99. The third-order valence-electron chi connectivity index (χ3n) is 5.09. The van der Waals surface area contributed by atoms with Gasteiger partial charge in [-0.25, -0.2) is 4.79 Å². The smallest absolute Gasteiger partial charge is 0.322 e. The van der Waals surface area contributed by atoms with Crippen molar-refractivity contribution in [3.05, 3.63) is 52.5 Å². The maximum absolute atomic E-state index is 12.9. The Hall–Kier alpha value is -2.40. The Balaban J connectivity index is 1.52. The number of hydrogen-bond acceptors (Lipinski definition) is 3. The summed E-state index contributed by atoms with van der Waals surface area (Å²) >= 11 is 6.17. The summed E-state index contributed by atoms with van der Waals surface area (Å²) in [6, 6.07) is 11.5. The van der Waals surface area contributed by atoms with Gasteiger partial charge < -0.3 is 19.7 Å². The topological polar surface area (TPSA) is 50.8 Å². The Morgan fingerprint density at radius 3 is 2.74 bits per heavy atom. The molecule has 1 atom stereocenters. The second kappa shape index (κ2) is 7.69. The normalized spacial score (nSPS) is 18.9.